The van der Waals surface area contributed by atoms with Gasteiger partial charge in [0.2, 0.25) is 0 Å². The van der Waals surface area contributed by atoms with E-state index in [1.807, 2.05) is 0 Å². The molecular formula is C23H30N4O2S. The van der Waals surface area contributed by atoms with Crippen LogP contribution in [0, 0.1) is 11.3 Å². The van der Waals surface area contributed by atoms with Crippen LogP contribution < -0.4 is 5.32 Å². The molecule has 30 heavy (non-hydrogen) atoms. The molecule has 160 valence electrons. The lowest BCUT2D eigenvalue weighted by atomic mass is 9.59. The number of anilines is 2. The average molecular weight is 427 g/mol. The van der Waals surface area contributed by atoms with Crippen molar-refractivity contribution in [3.63, 3.8) is 0 Å². The third-order valence-corrected chi connectivity index (χ3v) is 7.89. The molecule has 0 spiro atoms. The lowest BCUT2D eigenvalue weighted by molar-refractivity contribution is -0.140. The van der Waals surface area contributed by atoms with Crippen LogP contribution in [0.1, 0.15) is 51.5 Å². The minimum Gasteiger partial charge on any atom is -0.481 e. The van der Waals surface area contributed by atoms with Crippen molar-refractivity contribution in [2.24, 2.45) is 11.3 Å². The number of carboxylic acids is 1. The van der Waals surface area contributed by atoms with Crippen molar-refractivity contribution in [3.05, 3.63) is 36.2 Å². The molecule has 2 N–H and O–H groups in total. The molecule has 1 atom stereocenters. The van der Waals surface area contributed by atoms with Crippen LogP contribution in [-0.4, -0.2) is 39.0 Å². The van der Waals surface area contributed by atoms with E-state index in [1.165, 1.54) is 29.7 Å². The zero-order valence-electron chi connectivity index (χ0n) is 17.7. The van der Waals surface area contributed by atoms with Gasteiger partial charge in [0.05, 0.1) is 5.69 Å². The maximum Gasteiger partial charge on any atom is 0.303 e. The first-order chi connectivity index (χ1) is 14.5. The highest BCUT2D eigenvalue weighted by molar-refractivity contribution is 7.99. The molecule has 2 aliphatic rings. The van der Waals surface area contributed by atoms with Crippen molar-refractivity contribution in [1.29, 1.82) is 0 Å². The molecule has 1 aromatic carbocycles. The molecule has 2 aromatic rings. The van der Waals surface area contributed by atoms with Crippen LogP contribution in [0.15, 0.2) is 40.5 Å². The van der Waals surface area contributed by atoms with Crippen molar-refractivity contribution < 1.29 is 9.90 Å². The van der Waals surface area contributed by atoms with Crippen molar-refractivity contribution in [3.8, 4) is 0 Å². The highest BCUT2D eigenvalue weighted by Crippen LogP contribution is 2.51. The van der Waals surface area contributed by atoms with Gasteiger partial charge >= 0.3 is 5.97 Å². The van der Waals surface area contributed by atoms with Crippen LogP contribution in [0.4, 0.5) is 11.5 Å². The fraction of sp³-hybridized carbons (Fsp3) is 0.522. The maximum absolute atomic E-state index is 11.2. The van der Waals surface area contributed by atoms with E-state index in [9.17, 15) is 9.90 Å². The zero-order valence-corrected chi connectivity index (χ0v) is 18.5. The van der Waals surface area contributed by atoms with Crippen LogP contribution in [0.25, 0.3) is 0 Å². The second kappa shape index (κ2) is 8.94. The molecule has 1 fully saturated rings. The molecule has 0 saturated heterocycles. The number of aliphatic carboxylic acids is 1. The highest BCUT2D eigenvalue weighted by atomic mass is 32.2. The summed E-state index contributed by atoms with van der Waals surface area (Å²) in [5.74, 6) is 0.388. The largest absolute Gasteiger partial charge is 0.481 e. The Bertz CT molecular complexity index is 916. The van der Waals surface area contributed by atoms with Gasteiger partial charge in [-0.05, 0) is 61.4 Å². The minimum absolute atomic E-state index is 0.211. The number of nitrogens with one attached hydrogen (secondary N) is 1. The third-order valence-electron chi connectivity index (χ3n) is 6.82. The maximum atomic E-state index is 11.2. The normalized spacial score (nSPS) is 17.4. The first-order valence-corrected chi connectivity index (χ1v) is 11.6. The van der Waals surface area contributed by atoms with Crippen LogP contribution >= 0.6 is 11.8 Å². The Morgan fingerprint density at radius 3 is 2.83 bits per heavy atom. The molecule has 0 radical (unpaired) electrons. The summed E-state index contributed by atoms with van der Waals surface area (Å²) >= 11 is 1.65. The average Bonchev–Trinajstić information content (AvgIpc) is 2.69. The molecule has 1 aromatic heterocycles. The summed E-state index contributed by atoms with van der Waals surface area (Å²) in [7, 11) is 0. The summed E-state index contributed by atoms with van der Waals surface area (Å²) in [6.07, 6.45) is 8.36. The van der Waals surface area contributed by atoms with Gasteiger partial charge < -0.3 is 10.4 Å². The number of fused-ring (bicyclic) bond motifs is 2. The number of aromatic nitrogens is 2. The van der Waals surface area contributed by atoms with Crippen molar-refractivity contribution in [1.82, 2.24) is 14.9 Å². The van der Waals surface area contributed by atoms with E-state index in [-0.39, 0.29) is 17.8 Å². The second-order valence-electron chi connectivity index (χ2n) is 8.60. The van der Waals surface area contributed by atoms with E-state index in [2.05, 4.69) is 52.2 Å². The standard InChI is InChI=1S/C23H30N4O2S/c1-3-27(12-9-23(7-4-8-23)16(2)13-20(28)29)15-17-5-6-19-18(14-17)26-21-22(30-19)25-11-10-24-21/h5-6,10-11,14,16H,3-4,7-9,12-13,15H2,1-2H3,(H,24,26)(H,28,29). The number of carbonyl (C=O) groups is 1. The van der Waals surface area contributed by atoms with Crippen LogP contribution in [0.3, 0.4) is 0 Å². The van der Waals surface area contributed by atoms with Crippen LogP contribution in [0.5, 0.6) is 0 Å². The molecule has 7 heteroatoms. The minimum atomic E-state index is -0.674. The van der Waals surface area contributed by atoms with Gasteiger partial charge in [0.25, 0.3) is 0 Å². The Hall–Kier alpha value is -2.12. The topological polar surface area (TPSA) is 78.4 Å². The fourth-order valence-electron chi connectivity index (χ4n) is 4.67. The van der Waals surface area contributed by atoms with Gasteiger partial charge in [-0.25, -0.2) is 9.97 Å². The zero-order chi connectivity index (χ0) is 21.1. The summed E-state index contributed by atoms with van der Waals surface area (Å²) in [5, 5.41) is 13.5. The van der Waals surface area contributed by atoms with E-state index >= 15 is 0 Å². The molecule has 2 heterocycles. The molecule has 1 unspecified atom stereocenters. The molecule has 0 amide bonds. The predicted octanol–water partition coefficient (Wildman–Crippen LogP) is 5.18. The van der Waals surface area contributed by atoms with Gasteiger partial charge in [0.1, 0.15) is 5.03 Å². The number of rotatable bonds is 9. The molecule has 1 saturated carbocycles. The summed E-state index contributed by atoms with van der Waals surface area (Å²) in [5.41, 5.74) is 2.58. The van der Waals surface area contributed by atoms with Gasteiger partial charge in [0, 0.05) is 30.3 Å². The Morgan fingerprint density at radius 2 is 2.13 bits per heavy atom. The quantitative estimate of drug-likeness (QED) is 0.488. The molecule has 1 aliphatic carbocycles. The van der Waals surface area contributed by atoms with Crippen molar-refractivity contribution in [2.45, 2.75) is 62.4 Å². The monoisotopic (exact) mass is 426 g/mol. The first-order valence-electron chi connectivity index (χ1n) is 10.8. The van der Waals surface area contributed by atoms with E-state index < -0.39 is 5.97 Å². The Labute approximate surface area is 182 Å². The van der Waals surface area contributed by atoms with Crippen molar-refractivity contribution >= 4 is 29.2 Å². The molecule has 6 nitrogen and oxygen atoms in total. The van der Waals surface area contributed by atoms with Gasteiger partial charge in [-0.1, -0.05) is 38.1 Å². The van der Waals surface area contributed by atoms with E-state index in [4.69, 9.17) is 0 Å². The summed E-state index contributed by atoms with van der Waals surface area (Å²) in [6, 6.07) is 6.58. The van der Waals surface area contributed by atoms with Crippen LogP contribution in [0.2, 0.25) is 0 Å². The van der Waals surface area contributed by atoms with E-state index in [0.29, 0.717) is 0 Å². The molecule has 4 rings (SSSR count). The predicted molar refractivity (Wildman–Crippen MR) is 119 cm³/mol. The van der Waals surface area contributed by atoms with Gasteiger partial charge in [0.15, 0.2) is 5.82 Å². The van der Waals surface area contributed by atoms with E-state index in [1.54, 1.807) is 24.2 Å². The molecule has 1 aliphatic heterocycles. The van der Waals surface area contributed by atoms with Crippen molar-refractivity contribution in [2.75, 3.05) is 18.4 Å². The SMILES string of the molecule is CCN(CCC1(C(C)CC(=O)O)CCC1)Cc1ccc2c(c1)Nc1nccnc1S2. The van der Waals surface area contributed by atoms with Gasteiger partial charge in [-0.2, -0.15) is 0 Å². The smallest absolute Gasteiger partial charge is 0.303 e. The lowest BCUT2D eigenvalue weighted by Gasteiger charge is -2.47. The second-order valence-corrected chi connectivity index (χ2v) is 9.63. The Balaban J connectivity index is 1.39. The summed E-state index contributed by atoms with van der Waals surface area (Å²) in [4.78, 5) is 23.6. The number of carboxylic acid groups (broad SMARTS) is 1. The van der Waals surface area contributed by atoms with Gasteiger partial charge in [-0.3, -0.25) is 9.69 Å². The summed E-state index contributed by atoms with van der Waals surface area (Å²) in [6.45, 7) is 7.21. The number of nitrogens with zero attached hydrogens (tertiary/aromatic N) is 3. The highest BCUT2D eigenvalue weighted by Gasteiger charge is 2.42. The van der Waals surface area contributed by atoms with E-state index in [0.717, 1.165) is 42.6 Å². The lowest BCUT2D eigenvalue weighted by Crippen LogP contribution is -2.40. The Kier molecular flexibility index (Phi) is 6.29. The third kappa shape index (κ3) is 4.47. The Morgan fingerprint density at radius 1 is 1.33 bits per heavy atom. The van der Waals surface area contributed by atoms with Gasteiger partial charge in [-0.15, -0.1) is 0 Å². The number of hydrogen-bond acceptors (Lipinski definition) is 6. The first kappa shape index (κ1) is 21.1. The number of benzene rings is 1. The molecule has 0 bridgehead atoms. The fourth-order valence-corrected chi connectivity index (χ4v) is 5.54. The number of hydrogen-bond donors (Lipinski definition) is 2. The molecular weight excluding hydrogens is 396 g/mol. The van der Waals surface area contributed by atoms with Crippen LogP contribution in [-0.2, 0) is 11.3 Å². The summed E-state index contributed by atoms with van der Waals surface area (Å²) < 4.78 is 0.